The molecule has 1 atom stereocenters. The summed E-state index contributed by atoms with van der Waals surface area (Å²) in [6, 6.07) is 13.7. The first-order valence-corrected chi connectivity index (χ1v) is 9.08. The minimum absolute atomic E-state index is 0.0325. The second-order valence-corrected chi connectivity index (χ2v) is 6.51. The molecule has 0 saturated heterocycles. The Hall–Kier alpha value is -2.49. The molecule has 0 fully saturated rings. The van der Waals surface area contributed by atoms with Gasteiger partial charge in [0.2, 0.25) is 0 Å². The summed E-state index contributed by atoms with van der Waals surface area (Å²) in [6.45, 7) is 4.59. The highest BCUT2D eigenvalue weighted by Crippen LogP contribution is 2.25. The van der Waals surface area contributed by atoms with Crippen molar-refractivity contribution >= 4 is 11.7 Å². The molecule has 0 aliphatic heterocycles. The lowest BCUT2D eigenvalue weighted by Gasteiger charge is -2.20. The average molecular weight is 338 g/mol. The molecule has 25 heavy (non-hydrogen) atoms. The molecule has 3 rings (SSSR count). The number of hydrogen-bond donors (Lipinski definition) is 2. The predicted octanol–water partition coefficient (Wildman–Crippen LogP) is 4.85. The molecular weight excluding hydrogens is 312 g/mol. The molecule has 1 aliphatic carbocycles. The molecule has 2 amide bonds. The van der Waals surface area contributed by atoms with Gasteiger partial charge in [0.05, 0.1) is 12.6 Å². The zero-order valence-corrected chi connectivity index (χ0v) is 15.0. The Kier molecular flexibility index (Phi) is 5.59. The number of carbonyl (C=O) groups is 1. The van der Waals surface area contributed by atoms with Crippen molar-refractivity contribution in [1.29, 1.82) is 0 Å². The highest BCUT2D eigenvalue weighted by molar-refractivity contribution is 5.89. The Morgan fingerprint density at radius 1 is 1.08 bits per heavy atom. The van der Waals surface area contributed by atoms with E-state index in [1.54, 1.807) is 0 Å². The molecule has 0 spiro atoms. The number of ether oxygens (including phenoxy) is 1. The van der Waals surface area contributed by atoms with Crippen LogP contribution in [-0.4, -0.2) is 12.6 Å². The van der Waals surface area contributed by atoms with Gasteiger partial charge >= 0.3 is 6.03 Å². The first-order valence-electron chi connectivity index (χ1n) is 9.08. The minimum atomic E-state index is -0.200. The van der Waals surface area contributed by atoms with Gasteiger partial charge in [-0.25, -0.2) is 4.79 Å². The van der Waals surface area contributed by atoms with E-state index in [1.807, 2.05) is 38.1 Å². The Morgan fingerprint density at radius 2 is 1.80 bits per heavy atom. The maximum Gasteiger partial charge on any atom is 0.319 e. The summed E-state index contributed by atoms with van der Waals surface area (Å²) < 4.78 is 5.41. The number of urea groups is 1. The van der Waals surface area contributed by atoms with Gasteiger partial charge in [-0.2, -0.15) is 0 Å². The Balaban J connectivity index is 1.58. The third-order valence-corrected chi connectivity index (χ3v) is 4.64. The largest absolute Gasteiger partial charge is 0.494 e. The highest BCUT2D eigenvalue weighted by Gasteiger charge is 2.14. The van der Waals surface area contributed by atoms with Crippen LogP contribution in [0.2, 0.25) is 0 Å². The van der Waals surface area contributed by atoms with E-state index in [1.165, 1.54) is 30.4 Å². The van der Waals surface area contributed by atoms with E-state index >= 15 is 0 Å². The number of anilines is 1. The second-order valence-electron chi connectivity index (χ2n) is 6.51. The number of aryl methyl sites for hydroxylation is 2. The van der Waals surface area contributed by atoms with Gasteiger partial charge in [0.25, 0.3) is 0 Å². The summed E-state index contributed by atoms with van der Waals surface area (Å²) in [5.41, 5.74) is 4.80. The molecule has 0 radical (unpaired) electrons. The van der Waals surface area contributed by atoms with E-state index < -0.39 is 0 Å². The lowest BCUT2D eigenvalue weighted by molar-refractivity contribution is 0.249. The maximum absolute atomic E-state index is 12.2. The Bertz CT molecular complexity index is 725. The van der Waals surface area contributed by atoms with Crippen molar-refractivity contribution in [3.63, 3.8) is 0 Å². The van der Waals surface area contributed by atoms with Crippen molar-refractivity contribution in [2.45, 2.75) is 45.6 Å². The minimum Gasteiger partial charge on any atom is -0.494 e. The molecule has 1 aliphatic rings. The van der Waals surface area contributed by atoms with Gasteiger partial charge in [-0.05, 0) is 80.5 Å². The SMILES string of the molecule is CCOc1ccc(NC(=O)NC(C)c2ccc3c(c2)CCCC3)cc1. The summed E-state index contributed by atoms with van der Waals surface area (Å²) >= 11 is 0. The standard InChI is InChI=1S/C21H26N2O2/c1-3-25-20-12-10-19(11-13-20)23-21(24)22-15(2)17-9-8-16-6-4-5-7-18(16)14-17/h8-15H,3-7H2,1-2H3,(H2,22,23,24). The molecule has 4 heteroatoms. The monoisotopic (exact) mass is 338 g/mol. The van der Waals surface area contributed by atoms with Crippen molar-refractivity contribution in [2.75, 3.05) is 11.9 Å². The van der Waals surface area contributed by atoms with Crippen LogP contribution in [0.1, 0.15) is 49.4 Å². The smallest absolute Gasteiger partial charge is 0.319 e. The maximum atomic E-state index is 12.2. The molecule has 1 unspecified atom stereocenters. The van der Waals surface area contributed by atoms with E-state index in [0.717, 1.165) is 23.4 Å². The van der Waals surface area contributed by atoms with Gasteiger partial charge in [-0.3, -0.25) is 0 Å². The molecule has 2 aromatic carbocycles. The number of carbonyl (C=O) groups excluding carboxylic acids is 1. The van der Waals surface area contributed by atoms with Gasteiger partial charge in [0, 0.05) is 5.69 Å². The first-order chi connectivity index (χ1) is 12.2. The second kappa shape index (κ2) is 8.06. The van der Waals surface area contributed by atoms with Crippen LogP contribution in [-0.2, 0) is 12.8 Å². The number of amides is 2. The van der Waals surface area contributed by atoms with Crippen LogP contribution < -0.4 is 15.4 Å². The van der Waals surface area contributed by atoms with E-state index in [4.69, 9.17) is 4.74 Å². The van der Waals surface area contributed by atoms with E-state index in [0.29, 0.717) is 6.61 Å². The molecule has 0 bridgehead atoms. The lowest BCUT2D eigenvalue weighted by atomic mass is 9.89. The third kappa shape index (κ3) is 4.53. The molecule has 2 N–H and O–H groups in total. The van der Waals surface area contributed by atoms with Crippen LogP contribution in [0.25, 0.3) is 0 Å². The van der Waals surface area contributed by atoms with Crippen molar-refractivity contribution < 1.29 is 9.53 Å². The number of benzene rings is 2. The lowest BCUT2D eigenvalue weighted by Crippen LogP contribution is -2.31. The zero-order chi connectivity index (χ0) is 17.6. The Morgan fingerprint density at radius 3 is 2.52 bits per heavy atom. The third-order valence-electron chi connectivity index (χ3n) is 4.64. The topological polar surface area (TPSA) is 50.4 Å². The van der Waals surface area contributed by atoms with E-state index in [9.17, 15) is 4.79 Å². The normalized spacial score (nSPS) is 14.3. The summed E-state index contributed by atoms with van der Waals surface area (Å²) in [6.07, 6.45) is 4.87. The van der Waals surface area contributed by atoms with Crippen molar-refractivity contribution in [3.8, 4) is 5.75 Å². The molecule has 2 aromatic rings. The van der Waals surface area contributed by atoms with Crippen molar-refractivity contribution in [2.24, 2.45) is 0 Å². The molecule has 4 nitrogen and oxygen atoms in total. The summed E-state index contributed by atoms with van der Waals surface area (Å²) in [7, 11) is 0. The molecule has 0 heterocycles. The van der Waals surface area contributed by atoms with E-state index in [2.05, 4.69) is 28.8 Å². The van der Waals surface area contributed by atoms with Crippen molar-refractivity contribution in [1.82, 2.24) is 5.32 Å². The molecular formula is C21H26N2O2. The number of nitrogens with one attached hydrogen (secondary N) is 2. The van der Waals surface area contributed by atoms with Gasteiger partial charge in [0.1, 0.15) is 5.75 Å². The van der Waals surface area contributed by atoms with Gasteiger partial charge in [-0.1, -0.05) is 18.2 Å². The molecule has 132 valence electrons. The van der Waals surface area contributed by atoms with Crippen LogP contribution in [0.15, 0.2) is 42.5 Å². The van der Waals surface area contributed by atoms with Gasteiger partial charge < -0.3 is 15.4 Å². The van der Waals surface area contributed by atoms with Gasteiger partial charge in [0.15, 0.2) is 0 Å². The molecule has 0 aromatic heterocycles. The Labute approximate surface area is 149 Å². The highest BCUT2D eigenvalue weighted by atomic mass is 16.5. The van der Waals surface area contributed by atoms with Crippen LogP contribution in [0, 0.1) is 0 Å². The quantitative estimate of drug-likeness (QED) is 0.819. The van der Waals surface area contributed by atoms with Gasteiger partial charge in [-0.15, -0.1) is 0 Å². The first kappa shape index (κ1) is 17.3. The van der Waals surface area contributed by atoms with Crippen LogP contribution >= 0.6 is 0 Å². The molecule has 0 saturated carbocycles. The van der Waals surface area contributed by atoms with Crippen molar-refractivity contribution in [3.05, 3.63) is 59.2 Å². The summed E-state index contributed by atoms with van der Waals surface area (Å²) in [4.78, 5) is 12.2. The fourth-order valence-corrected chi connectivity index (χ4v) is 3.27. The summed E-state index contributed by atoms with van der Waals surface area (Å²) in [5, 5.41) is 5.88. The zero-order valence-electron chi connectivity index (χ0n) is 15.0. The fourth-order valence-electron chi connectivity index (χ4n) is 3.27. The predicted molar refractivity (Wildman–Crippen MR) is 101 cm³/mol. The number of fused-ring (bicyclic) bond motifs is 1. The number of rotatable bonds is 5. The van der Waals surface area contributed by atoms with Crippen LogP contribution in [0.4, 0.5) is 10.5 Å². The van der Waals surface area contributed by atoms with Crippen LogP contribution in [0.5, 0.6) is 5.75 Å². The number of hydrogen-bond acceptors (Lipinski definition) is 2. The van der Waals surface area contributed by atoms with Crippen LogP contribution in [0.3, 0.4) is 0 Å². The van der Waals surface area contributed by atoms with E-state index in [-0.39, 0.29) is 12.1 Å². The fraction of sp³-hybridized carbons (Fsp3) is 0.381. The summed E-state index contributed by atoms with van der Waals surface area (Å²) in [5.74, 6) is 0.802. The average Bonchev–Trinajstić information content (AvgIpc) is 2.63.